The van der Waals surface area contributed by atoms with Crippen LogP contribution in [-0.2, 0) is 7.05 Å². The highest BCUT2D eigenvalue weighted by molar-refractivity contribution is 5.85. The summed E-state index contributed by atoms with van der Waals surface area (Å²) in [6.45, 7) is 0. The van der Waals surface area contributed by atoms with Gasteiger partial charge in [-0.3, -0.25) is 0 Å². The highest BCUT2D eigenvalue weighted by Gasteiger charge is 2.07. The molecule has 0 saturated carbocycles. The molecule has 0 spiro atoms. The highest BCUT2D eigenvalue weighted by atomic mass is 16.5. The number of methoxy groups -OCH3 is 1. The van der Waals surface area contributed by atoms with Crippen LogP contribution >= 0.6 is 0 Å². The SMILES string of the molecule is COc1cc(N)cc2ncn(C)c12. The largest absolute Gasteiger partial charge is 0.494 e. The number of hydrogen-bond donors (Lipinski definition) is 1. The van der Waals surface area contributed by atoms with Gasteiger partial charge in [-0.1, -0.05) is 0 Å². The van der Waals surface area contributed by atoms with E-state index >= 15 is 0 Å². The number of ether oxygens (including phenoxy) is 1. The molecular formula is C9H11N3O. The highest BCUT2D eigenvalue weighted by Crippen LogP contribution is 2.27. The monoisotopic (exact) mass is 177 g/mol. The first-order chi connectivity index (χ1) is 6.22. The van der Waals surface area contributed by atoms with Crippen LogP contribution in [0.25, 0.3) is 11.0 Å². The van der Waals surface area contributed by atoms with E-state index in [2.05, 4.69) is 4.98 Å². The number of anilines is 1. The predicted molar refractivity (Wildman–Crippen MR) is 51.7 cm³/mol. The van der Waals surface area contributed by atoms with Gasteiger partial charge < -0.3 is 15.0 Å². The number of nitrogens with zero attached hydrogens (tertiary/aromatic N) is 2. The van der Waals surface area contributed by atoms with Crippen LogP contribution in [0.15, 0.2) is 18.5 Å². The maximum Gasteiger partial charge on any atom is 0.146 e. The molecule has 0 amide bonds. The third kappa shape index (κ3) is 1.11. The van der Waals surface area contributed by atoms with Crippen molar-refractivity contribution in [1.82, 2.24) is 9.55 Å². The van der Waals surface area contributed by atoms with Crippen LogP contribution in [0.5, 0.6) is 5.75 Å². The smallest absolute Gasteiger partial charge is 0.146 e. The zero-order chi connectivity index (χ0) is 9.42. The minimum absolute atomic E-state index is 0.669. The lowest BCUT2D eigenvalue weighted by Crippen LogP contribution is -1.92. The molecule has 13 heavy (non-hydrogen) atoms. The maximum absolute atomic E-state index is 5.68. The Kier molecular flexibility index (Phi) is 1.62. The van der Waals surface area contributed by atoms with Crippen LogP contribution in [0, 0.1) is 0 Å². The standard InChI is InChI=1S/C9H11N3O/c1-12-5-11-7-3-6(10)4-8(13-2)9(7)12/h3-5H,10H2,1-2H3. The Hall–Kier alpha value is -1.71. The van der Waals surface area contributed by atoms with Gasteiger partial charge in [-0.25, -0.2) is 4.98 Å². The molecule has 0 bridgehead atoms. The quantitative estimate of drug-likeness (QED) is 0.665. The van der Waals surface area contributed by atoms with E-state index < -0.39 is 0 Å². The molecule has 0 unspecified atom stereocenters. The lowest BCUT2D eigenvalue weighted by atomic mass is 10.2. The van der Waals surface area contributed by atoms with Gasteiger partial charge in [0.2, 0.25) is 0 Å². The number of imidazole rings is 1. The molecule has 0 aliphatic rings. The molecule has 2 rings (SSSR count). The maximum atomic E-state index is 5.68. The van der Waals surface area contributed by atoms with Gasteiger partial charge in [0.25, 0.3) is 0 Å². The number of nitrogens with two attached hydrogens (primary N) is 1. The van der Waals surface area contributed by atoms with Gasteiger partial charge in [-0.2, -0.15) is 0 Å². The average molecular weight is 177 g/mol. The van der Waals surface area contributed by atoms with E-state index in [1.165, 1.54) is 0 Å². The second-order valence-corrected chi connectivity index (χ2v) is 2.95. The molecule has 0 radical (unpaired) electrons. The number of hydrogen-bond acceptors (Lipinski definition) is 3. The van der Waals surface area contributed by atoms with Crippen molar-refractivity contribution in [3.05, 3.63) is 18.5 Å². The predicted octanol–water partition coefficient (Wildman–Crippen LogP) is 1.16. The van der Waals surface area contributed by atoms with Crippen molar-refractivity contribution in [1.29, 1.82) is 0 Å². The summed E-state index contributed by atoms with van der Waals surface area (Å²) in [6, 6.07) is 3.63. The van der Waals surface area contributed by atoms with Crippen LogP contribution in [0.1, 0.15) is 0 Å². The topological polar surface area (TPSA) is 53.1 Å². The van der Waals surface area contributed by atoms with Crippen molar-refractivity contribution >= 4 is 16.7 Å². The number of benzene rings is 1. The molecule has 2 N–H and O–H groups in total. The molecule has 68 valence electrons. The van der Waals surface area contributed by atoms with E-state index in [-0.39, 0.29) is 0 Å². The molecule has 0 fully saturated rings. The van der Waals surface area contributed by atoms with E-state index in [1.54, 1.807) is 19.5 Å². The number of fused-ring (bicyclic) bond motifs is 1. The molecular weight excluding hydrogens is 166 g/mol. The average Bonchev–Trinajstić information content (AvgIpc) is 2.46. The second-order valence-electron chi connectivity index (χ2n) is 2.95. The lowest BCUT2D eigenvalue weighted by molar-refractivity contribution is 0.418. The summed E-state index contributed by atoms with van der Waals surface area (Å²) >= 11 is 0. The van der Waals surface area contributed by atoms with Crippen molar-refractivity contribution in [3.8, 4) is 5.75 Å². The van der Waals surface area contributed by atoms with Gasteiger partial charge in [0.1, 0.15) is 11.3 Å². The van der Waals surface area contributed by atoms with E-state index in [1.807, 2.05) is 17.7 Å². The summed E-state index contributed by atoms with van der Waals surface area (Å²) in [4.78, 5) is 4.19. The van der Waals surface area contributed by atoms with E-state index in [4.69, 9.17) is 10.5 Å². The van der Waals surface area contributed by atoms with Crippen molar-refractivity contribution in [2.75, 3.05) is 12.8 Å². The van der Waals surface area contributed by atoms with Crippen molar-refractivity contribution in [2.45, 2.75) is 0 Å². The van der Waals surface area contributed by atoms with Gasteiger partial charge in [0, 0.05) is 18.8 Å². The Bertz CT molecular complexity index is 447. The first-order valence-electron chi connectivity index (χ1n) is 3.97. The van der Waals surface area contributed by atoms with Crippen molar-refractivity contribution in [3.63, 3.8) is 0 Å². The van der Waals surface area contributed by atoms with Gasteiger partial charge in [-0.15, -0.1) is 0 Å². The summed E-state index contributed by atoms with van der Waals surface area (Å²) in [5, 5.41) is 0. The fourth-order valence-corrected chi connectivity index (χ4v) is 1.43. The molecule has 0 aliphatic heterocycles. The minimum Gasteiger partial charge on any atom is -0.494 e. The Labute approximate surface area is 75.9 Å². The van der Waals surface area contributed by atoms with Crippen LogP contribution in [-0.4, -0.2) is 16.7 Å². The zero-order valence-electron chi connectivity index (χ0n) is 7.61. The Morgan fingerprint density at radius 1 is 1.46 bits per heavy atom. The van der Waals surface area contributed by atoms with Crippen molar-refractivity contribution in [2.24, 2.45) is 7.05 Å². The van der Waals surface area contributed by atoms with E-state index in [0.717, 1.165) is 16.8 Å². The minimum atomic E-state index is 0.669. The van der Waals surface area contributed by atoms with Crippen LogP contribution < -0.4 is 10.5 Å². The molecule has 1 aromatic heterocycles. The molecule has 0 aliphatic carbocycles. The normalized spacial score (nSPS) is 10.6. The molecule has 2 aromatic rings. The zero-order valence-corrected chi connectivity index (χ0v) is 7.61. The molecule has 4 heteroatoms. The number of aromatic nitrogens is 2. The van der Waals surface area contributed by atoms with Gasteiger partial charge in [0.15, 0.2) is 0 Å². The van der Waals surface area contributed by atoms with E-state index in [9.17, 15) is 0 Å². The first-order valence-corrected chi connectivity index (χ1v) is 3.97. The fourth-order valence-electron chi connectivity index (χ4n) is 1.43. The third-order valence-electron chi connectivity index (χ3n) is 2.02. The second kappa shape index (κ2) is 2.65. The fraction of sp³-hybridized carbons (Fsp3) is 0.222. The Morgan fingerprint density at radius 2 is 2.23 bits per heavy atom. The Balaban J connectivity index is 2.85. The number of nitrogen functional groups attached to an aromatic ring is 1. The van der Waals surface area contributed by atoms with Gasteiger partial charge >= 0.3 is 0 Å². The molecule has 0 saturated heterocycles. The van der Waals surface area contributed by atoms with Crippen molar-refractivity contribution < 1.29 is 4.74 Å². The number of rotatable bonds is 1. The Morgan fingerprint density at radius 3 is 2.92 bits per heavy atom. The summed E-state index contributed by atoms with van der Waals surface area (Å²) in [5.41, 5.74) is 8.18. The van der Waals surface area contributed by atoms with Gasteiger partial charge in [0.05, 0.1) is 19.0 Å². The van der Waals surface area contributed by atoms with Gasteiger partial charge in [-0.05, 0) is 6.07 Å². The summed E-state index contributed by atoms with van der Waals surface area (Å²) in [7, 11) is 3.55. The first kappa shape index (κ1) is 7.91. The molecule has 1 heterocycles. The van der Waals surface area contributed by atoms with Crippen LogP contribution in [0.4, 0.5) is 5.69 Å². The van der Waals surface area contributed by atoms with Crippen LogP contribution in [0.2, 0.25) is 0 Å². The van der Waals surface area contributed by atoms with Crippen LogP contribution in [0.3, 0.4) is 0 Å². The molecule has 1 aromatic carbocycles. The summed E-state index contributed by atoms with van der Waals surface area (Å²) in [5.74, 6) is 0.759. The lowest BCUT2D eigenvalue weighted by Gasteiger charge is -2.04. The summed E-state index contributed by atoms with van der Waals surface area (Å²) < 4.78 is 7.12. The molecule has 0 atom stereocenters. The third-order valence-corrected chi connectivity index (χ3v) is 2.02. The molecule has 4 nitrogen and oxygen atoms in total. The van der Waals surface area contributed by atoms with E-state index in [0.29, 0.717) is 5.69 Å². The number of aryl methyl sites for hydroxylation is 1. The summed E-state index contributed by atoms with van der Waals surface area (Å²) in [6.07, 6.45) is 1.74.